The molecule has 0 saturated carbocycles. The first-order valence-electron chi connectivity index (χ1n) is 18.9. The number of fused-ring (bicyclic) bond motifs is 4. The van der Waals surface area contributed by atoms with E-state index < -0.39 is 23.9 Å². The summed E-state index contributed by atoms with van der Waals surface area (Å²) in [6.07, 6.45) is 3.75. The van der Waals surface area contributed by atoms with Crippen molar-refractivity contribution in [2.24, 2.45) is 4.99 Å². The number of benzene rings is 2. The quantitative estimate of drug-likeness (QED) is 0.111. The number of unbranched alkanes of at least 4 members (excludes halogenated alkanes) is 3. The summed E-state index contributed by atoms with van der Waals surface area (Å²) < 4.78 is 7.74. The maximum absolute atomic E-state index is 13.4. The van der Waals surface area contributed by atoms with Gasteiger partial charge < -0.3 is 20.7 Å². The Balaban J connectivity index is 0.855. The molecule has 2 aromatic carbocycles. The molecule has 0 aliphatic carbocycles. The zero-order valence-corrected chi connectivity index (χ0v) is 33.5. The Kier molecular flexibility index (Phi) is 11.7. The second kappa shape index (κ2) is 16.8. The van der Waals surface area contributed by atoms with Gasteiger partial charge >= 0.3 is 0 Å². The van der Waals surface area contributed by atoms with Crippen LogP contribution in [0.25, 0.3) is 5.00 Å². The molecule has 3 N–H and O–H groups in total. The maximum atomic E-state index is 13.4. The van der Waals surface area contributed by atoms with E-state index in [4.69, 9.17) is 21.3 Å². The monoisotopic (exact) mass is 810 g/mol. The van der Waals surface area contributed by atoms with Gasteiger partial charge in [0.1, 0.15) is 22.6 Å². The van der Waals surface area contributed by atoms with Gasteiger partial charge in [-0.2, -0.15) is 0 Å². The minimum absolute atomic E-state index is 0.0946. The van der Waals surface area contributed by atoms with Crippen molar-refractivity contribution in [2.45, 2.75) is 77.8 Å². The summed E-state index contributed by atoms with van der Waals surface area (Å²) in [5, 5.41) is 18.9. The lowest BCUT2D eigenvalue weighted by molar-refractivity contribution is -0.123. The number of aliphatic imine (C=N–C) groups is 1. The Hall–Kier alpha value is -5.67. The van der Waals surface area contributed by atoms with Crippen molar-refractivity contribution in [2.75, 3.05) is 19.7 Å². The van der Waals surface area contributed by atoms with E-state index in [0.29, 0.717) is 29.6 Å². The first kappa shape index (κ1) is 39.6. The zero-order valence-electron chi connectivity index (χ0n) is 31.9. The van der Waals surface area contributed by atoms with E-state index in [9.17, 15) is 24.0 Å². The topological polar surface area (TPSA) is 177 Å². The Morgan fingerprint density at radius 1 is 0.947 bits per heavy atom. The molecule has 2 aromatic heterocycles. The Morgan fingerprint density at radius 2 is 1.67 bits per heavy atom. The SMILES string of the molecule is C=C1NC(=O)CCC1N1C(=O)c2cccc(OCC(=O)NCCCCCCNC(=O)C[C@@H]3N=C(c4ccc(Cl)cc4)c4c(sc(C)c4C)-n4c(C)nnc43)c2C1=O. The summed E-state index contributed by atoms with van der Waals surface area (Å²) in [7, 11) is 0. The number of nitrogens with one attached hydrogen (secondary N) is 3. The van der Waals surface area contributed by atoms with Crippen molar-refractivity contribution < 1.29 is 28.7 Å². The number of amides is 5. The number of aromatic nitrogens is 3. The van der Waals surface area contributed by atoms with Gasteiger partial charge in [0.25, 0.3) is 17.7 Å². The molecule has 296 valence electrons. The number of hydrogen-bond acceptors (Lipinski definition) is 10. The van der Waals surface area contributed by atoms with Crippen LogP contribution >= 0.6 is 22.9 Å². The molecule has 1 saturated heterocycles. The number of halogens is 1. The minimum atomic E-state index is -0.656. The number of carbonyl (C=O) groups excluding carboxylic acids is 5. The van der Waals surface area contributed by atoms with Gasteiger partial charge in [0.15, 0.2) is 12.4 Å². The lowest BCUT2D eigenvalue weighted by Gasteiger charge is -2.31. The number of imide groups is 1. The molecule has 57 heavy (non-hydrogen) atoms. The van der Waals surface area contributed by atoms with Gasteiger partial charge in [-0.25, -0.2) is 0 Å². The normalized spacial score (nSPS) is 17.3. The highest BCUT2D eigenvalue weighted by atomic mass is 35.5. The third-order valence-electron chi connectivity index (χ3n) is 10.4. The number of aryl methyl sites for hydroxylation is 2. The van der Waals surface area contributed by atoms with Crippen LogP contribution in [0.4, 0.5) is 0 Å². The van der Waals surface area contributed by atoms with E-state index in [2.05, 4.69) is 46.6 Å². The highest BCUT2D eigenvalue weighted by Gasteiger charge is 2.44. The predicted octanol–water partition coefficient (Wildman–Crippen LogP) is 5.45. The Bertz CT molecular complexity index is 2310. The summed E-state index contributed by atoms with van der Waals surface area (Å²) >= 11 is 7.88. The molecule has 1 unspecified atom stereocenters. The highest BCUT2D eigenvalue weighted by molar-refractivity contribution is 7.15. The number of piperidine rings is 1. The van der Waals surface area contributed by atoms with Crippen LogP contribution in [-0.2, 0) is 14.4 Å². The van der Waals surface area contributed by atoms with Crippen LogP contribution in [0, 0.1) is 20.8 Å². The summed E-state index contributed by atoms with van der Waals surface area (Å²) in [6.45, 7) is 10.5. The molecule has 5 heterocycles. The first-order valence-corrected chi connectivity index (χ1v) is 20.1. The number of rotatable bonds is 14. The van der Waals surface area contributed by atoms with Gasteiger partial charge in [0.05, 0.1) is 29.3 Å². The number of ether oxygens (including phenoxy) is 1. The van der Waals surface area contributed by atoms with E-state index in [0.717, 1.165) is 63.8 Å². The second-order valence-electron chi connectivity index (χ2n) is 14.3. The summed E-state index contributed by atoms with van der Waals surface area (Å²) in [6, 6.07) is 11.1. The minimum Gasteiger partial charge on any atom is -0.483 e. The van der Waals surface area contributed by atoms with Gasteiger partial charge in [-0.05, 0) is 69.9 Å². The maximum Gasteiger partial charge on any atom is 0.265 e. The molecular weight excluding hydrogens is 768 g/mol. The Morgan fingerprint density at radius 3 is 2.39 bits per heavy atom. The van der Waals surface area contributed by atoms with E-state index in [1.165, 1.54) is 4.88 Å². The summed E-state index contributed by atoms with van der Waals surface area (Å²) in [5.74, 6) is -0.239. The lowest BCUT2D eigenvalue weighted by Crippen LogP contribution is -2.48. The van der Waals surface area contributed by atoms with Crippen LogP contribution in [0.15, 0.2) is 59.7 Å². The van der Waals surface area contributed by atoms with Crippen molar-refractivity contribution in [3.05, 3.63) is 104 Å². The third-order valence-corrected chi connectivity index (χ3v) is 11.9. The molecule has 0 radical (unpaired) electrons. The van der Waals surface area contributed by atoms with Gasteiger partial charge in [0, 0.05) is 46.2 Å². The number of thiophene rings is 1. The third kappa shape index (κ3) is 8.12. The molecule has 4 aromatic rings. The smallest absolute Gasteiger partial charge is 0.265 e. The molecule has 16 heteroatoms. The fourth-order valence-electron chi connectivity index (χ4n) is 7.36. The number of carbonyl (C=O) groups is 5. The fourth-order valence-corrected chi connectivity index (χ4v) is 8.70. The molecule has 14 nitrogen and oxygen atoms in total. The molecular formula is C41H43ClN8O6S. The molecule has 3 aliphatic rings. The van der Waals surface area contributed by atoms with Crippen LogP contribution < -0.4 is 20.7 Å². The lowest BCUT2D eigenvalue weighted by atomic mass is 9.99. The van der Waals surface area contributed by atoms with E-state index in [-0.39, 0.29) is 60.5 Å². The van der Waals surface area contributed by atoms with Crippen molar-refractivity contribution in [1.82, 2.24) is 35.6 Å². The molecule has 2 atom stereocenters. The molecule has 0 spiro atoms. The van der Waals surface area contributed by atoms with Gasteiger partial charge in [0.2, 0.25) is 11.8 Å². The second-order valence-corrected chi connectivity index (χ2v) is 15.9. The fraction of sp³-hybridized carbons (Fsp3) is 0.366. The number of nitrogens with zero attached hydrogens (tertiary/aromatic N) is 5. The molecule has 1 fully saturated rings. The predicted molar refractivity (Wildman–Crippen MR) is 215 cm³/mol. The van der Waals surface area contributed by atoms with Crippen LogP contribution in [0.3, 0.4) is 0 Å². The first-order chi connectivity index (χ1) is 27.4. The van der Waals surface area contributed by atoms with E-state index in [1.54, 1.807) is 29.5 Å². The average Bonchev–Trinajstić information content (AvgIpc) is 3.76. The van der Waals surface area contributed by atoms with Gasteiger partial charge in [-0.3, -0.25) is 38.4 Å². The van der Waals surface area contributed by atoms with Crippen molar-refractivity contribution >= 4 is 58.2 Å². The zero-order chi connectivity index (χ0) is 40.4. The van der Waals surface area contributed by atoms with Crippen LogP contribution in [0.5, 0.6) is 5.75 Å². The van der Waals surface area contributed by atoms with Crippen molar-refractivity contribution in [3.8, 4) is 10.8 Å². The average molecular weight is 811 g/mol. The van der Waals surface area contributed by atoms with E-state index >= 15 is 0 Å². The van der Waals surface area contributed by atoms with Crippen LogP contribution in [-0.4, -0.2) is 80.7 Å². The molecule has 7 rings (SSSR count). The van der Waals surface area contributed by atoms with Gasteiger partial charge in [-0.15, -0.1) is 21.5 Å². The standard InChI is InChI=1S/C41H43ClN8O6S/c1-22-24(3)57-41-35(22)37(26-12-14-27(42)15-13-26)46-29(38-48-47-25(4)49(38)41)20-33(52)43-18-7-5-6-8-19-44-34(53)21-56-31-11-9-10-28-36(31)40(55)50(39(28)54)30-16-17-32(51)45-23(30)2/h9-15,29-30H,2,5-8,16-21H2,1,3-4H3,(H,43,52)(H,44,53)(H,45,51)/t29-,30?/m0/s1. The van der Waals surface area contributed by atoms with Crippen molar-refractivity contribution in [1.29, 1.82) is 0 Å². The van der Waals surface area contributed by atoms with E-state index in [1.807, 2.05) is 35.8 Å². The van der Waals surface area contributed by atoms with Gasteiger partial charge in [-0.1, -0.05) is 49.2 Å². The summed E-state index contributed by atoms with van der Waals surface area (Å²) in [4.78, 5) is 71.5. The Labute approximate surface area is 338 Å². The molecule has 3 aliphatic heterocycles. The van der Waals surface area contributed by atoms with Crippen LogP contribution in [0.2, 0.25) is 5.02 Å². The molecule has 5 amide bonds. The summed E-state index contributed by atoms with van der Waals surface area (Å²) in [5.41, 5.74) is 4.42. The largest absolute Gasteiger partial charge is 0.483 e. The van der Waals surface area contributed by atoms with Crippen LogP contribution in [0.1, 0.15) is 105 Å². The van der Waals surface area contributed by atoms with Crippen molar-refractivity contribution in [3.63, 3.8) is 0 Å². The molecule has 0 bridgehead atoms. The number of hydrogen-bond donors (Lipinski definition) is 3. The highest BCUT2D eigenvalue weighted by Crippen LogP contribution is 2.40.